The van der Waals surface area contributed by atoms with E-state index in [1.807, 2.05) is 20.8 Å². The zero-order valence-electron chi connectivity index (χ0n) is 16.1. The van der Waals surface area contributed by atoms with E-state index in [-0.39, 0.29) is 5.97 Å². The van der Waals surface area contributed by atoms with Crippen molar-refractivity contribution in [3.05, 3.63) is 68.4 Å². The normalized spacial score (nSPS) is 18.3. The minimum absolute atomic E-state index is 0.162. The Morgan fingerprint density at radius 2 is 1.69 bits per heavy atom. The highest BCUT2D eigenvalue weighted by Crippen LogP contribution is 2.26. The number of rotatable bonds is 1. The van der Waals surface area contributed by atoms with Crippen LogP contribution in [0.5, 0.6) is 0 Å². The Hall–Kier alpha value is -2.35. The van der Waals surface area contributed by atoms with Crippen molar-refractivity contribution in [3.63, 3.8) is 0 Å². The Morgan fingerprint density at radius 1 is 0.962 bits per heavy atom. The molecule has 0 bridgehead atoms. The number of hydrogen-bond acceptors (Lipinski definition) is 2. The molecule has 4 rings (SSSR count). The van der Waals surface area contributed by atoms with Gasteiger partial charge in [0.25, 0.3) is 0 Å². The fourth-order valence-corrected chi connectivity index (χ4v) is 4.24. The van der Waals surface area contributed by atoms with Crippen molar-refractivity contribution in [2.75, 3.05) is 0 Å². The van der Waals surface area contributed by atoms with E-state index in [0.29, 0.717) is 5.92 Å². The summed E-state index contributed by atoms with van der Waals surface area (Å²) in [5.41, 5.74) is 3.10. The summed E-state index contributed by atoms with van der Waals surface area (Å²) in [6.45, 7) is 8.01. The molecule has 0 unspecified atom stereocenters. The zero-order valence-corrected chi connectivity index (χ0v) is 16.1. The van der Waals surface area contributed by atoms with Crippen LogP contribution in [0.4, 0.5) is 0 Å². The van der Waals surface area contributed by atoms with Gasteiger partial charge in [-0.25, -0.2) is 4.79 Å². The number of carbonyl (C=O) groups excluding carboxylic acids is 1. The molecule has 0 heterocycles. The molecule has 0 radical (unpaired) electrons. The average Bonchev–Trinajstić information content (AvgIpc) is 2.59. The minimum Gasteiger partial charge on any atom is -0.457 e. The van der Waals surface area contributed by atoms with E-state index in [4.69, 9.17) is 4.74 Å². The predicted octanol–water partition coefficient (Wildman–Crippen LogP) is 3.38. The first-order valence-electron chi connectivity index (χ1n) is 9.50. The number of benzene rings is 2. The van der Waals surface area contributed by atoms with Gasteiger partial charge in [-0.15, -0.1) is 0 Å². The number of esters is 1. The Bertz CT molecular complexity index is 1100. The lowest BCUT2D eigenvalue weighted by Crippen LogP contribution is -2.32. The molecule has 2 aromatic carbocycles. The van der Waals surface area contributed by atoms with Gasteiger partial charge in [0.2, 0.25) is 0 Å². The first kappa shape index (κ1) is 17.1. The maximum Gasteiger partial charge on any atom is 0.335 e. The SMILES string of the molecule is C[C@@H]1CC(C(=O)OC(C)(C)C)=c2ccc3c(c2C1)CC=c1ccccc1=3. The van der Waals surface area contributed by atoms with Gasteiger partial charge in [-0.3, -0.25) is 0 Å². The maximum atomic E-state index is 12.8. The monoisotopic (exact) mass is 346 g/mol. The van der Waals surface area contributed by atoms with E-state index in [2.05, 4.69) is 49.4 Å². The largest absolute Gasteiger partial charge is 0.457 e. The molecule has 0 amide bonds. The van der Waals surface area contributed by atoms with Crippen LogP contribution < -0.4 is 10.4 Å². The van der Waals surface area contributed by atoms with Crippen molar-refractivity contribution in [2.24, 2.45) is 5.92 Å². The van der Waals surface area contributed by atoms with Gasteiger partial charge >= 0.3 is 5.97 Å². The summed E-state index contributed by atoms with van der Waals surface area (Å²) in [6.07, 6.45) is 5.07. The van der Waals surface area contributed by atoms with E-state index < -0.39 is 5.60 Å². The summed E-state index contributed by atoms with van der Waals surface area (Å²) < 4.78 is 5.70. The van der Waals surface area contributed by atoms with Crippen LogP contribution >= 0.6 is 0 Å². The number of fused-ring (bicyclic) bond motifs is 4. The molecule has 26 heavy (non-hydrogen) atoms. The molecule has 0 N–H and O–H groups in total. The third-order valence-corrected chi connectivity index (χ3v) is 5.28. The van der Waals surface area contributed by atoms with E-state index in [0.717, 1.165) is 30.1 Å². The van der Waals surface area contributed by atoms with E-state index in [1.54, 1.807) is 0 Å². The Morgan fingerprint density at radius 3 is 2.46 bits per heavy atom. The van der Waals surface area contributed by atoms with Crippen LogP contribution in [0.1, 0.15) is 45.2 Å². The standard InChI is InChI=1S/C24H26O2/c1-15-13-21-19-10-9-16-7-5-6-8-17(16)18(19)11-12-20(21)22(14-15)23(25)26-24(2,3)4/h5-9,11-12,15H,10,13-14H2,1-4H3/t15-/m0/s1. The second-order valence-corrected chi connectivity index (χ2v) is 8.61. The lowest BCUT2D eigenvalue weighted by atomic mass is 9.81. The number of hydrogen-bond donors (Lipinski definition) is 0. The quantitative estimate of drug-likeness (QED) is 0.740. The fourth-order valence-electron chi connectivity index (χ4n) is 4.24. The molecule has 2 aliphatic rings. The smallest absolute Gasteiger partial charge is 0.335 e. The van der Waals surface area contributed by atoms with E-state index in [1.165, 1.54) is 26.8 Å². The molecule has 0 spiro atoms. The highest BCUT2D eigenvalue weighted by molar-refractivity contribution is 6.10. The average molecular weight is 346 g/mol. The summed E-state index contributed by atoms with van der Waals surface area (Å²) >= 11 is 0. The predicted molar refractivity (Wildman–Crippen MR) is 105 cm³/mol. The molecule has 2 heteroatoms. The molecule has 0 saturated carbocycles. The van der Waals surface area contributed by atoms with Crippen LogP contribution in [0.3, 0.4) is 0 Å². The Kier molecular flexibility index (Phi) is 4.02. The maximum absolute atomic E-state index is 12.8. The summed E-state index contributed by atoms with van der Waals surface area (Å²) in [5, 5.41) is 5.03. The Labute approximate surface area is 154 Å². The van der Waals surface area contributed by atoms with Gasteiger partial charge in [0.1, 0.15) is 5.60 Å². The summed E-state index contributed by atoms with van der Waals surface area (Å²) in [7, 11) is 0. The highest BCUT2D eigenvalue weighted by Gasteiger charge is 2.27. The molecule has 2 aliphatic carbocycles. The molecule has 0 saturated heterocycles. The van der Waals surface area contributed by atoms with Crippen LogP contribution in [-0.4, -0.2) is 11.6 Å². The summed E-state index contributed by atoms with van der Waals surface area (Å²) in [4.78, 5) is 12.8. The molecule has 0 aliphatic heterocycles. The van der Waals surface area contributed by atoms with Crippen LogP contribution in [-0.2, 0) is 22.4 Å². The third kappa shape index (κ3) is 2.98. The van der Waals surface area contributed by atoms with Gasteiger partial charge in [-0.05, 0) is 78.0 Å². The molecular weight excluding hydrogens is 320 g/mol. The second kappa shape index (κ2) is 6.12. The van der Waals surface area contributed by atoms with E-state index in [9.17, 15) is 4.79 Å². The van der Waals surface area contributed by atoms with Gasteiger partial charge in [0.15, 0.2) is 0 Å². The first-order chi connectivity index (χ1) is 12.3. The first-order valence-corrected chi connectivity index (χ1v) is 9.50. The van der Waals surface area contributed by atoms with Crippen LogP contribution in [0.15, 0.2) is 36.4 Å². The van der Waals surface area contributed by atoms with Crippen molar-refractivity contribution in [1.29, 1.82) is 0 Å². The van der Waals surface area contributed by atoms with Gasteiger partial charge in [0.05, 0.1) is 0 Å². The van der Waals surface area contributed by atoms with Gasteiger partial charge in [-0.2, -0.15) is 0 Å². The topological polar surface area (TPSA) is 26.3 Å². The number of carbonyl (C=O) groups is 1. The highest BCUT2D eigenvalue weighted by atomic mass is 16.6. The van der Waals surface area contributed by atoms with Crippen molar-refractivity contribution in [2.45, 2.75) is 52.6 Å². The molecule has 0 fully saturated rings. The van der Waals surface area contributed by atoms with Gasteiger partial charge in [-0.1, -0.05) is 49.4 Å². The van der Waals surface area contributed by atoms with Crippen LogP contribution in [0.25, 0.3) is 11.6 Å². The lowest BCUT2D eigenvalue weighted by Gasteiger charge is -2.26. The number of ether oxygens (including phenoxy) is 1. The van der Waals surface area contributed by atoms with Gasteiger partial charge in [0, 0.05) is 5.57 Å². The molecule has 0 aromatic heterocycles. The molecule has 2 nitrogen and oxygen atoms in total. The minimum atomic E-state index is -0.466. The van der Waals surface area contributed by atoms with E-state index >= 15 is 0 Å². The summed E-state index contributed by atoms with van der Waals surface area (Å²) in [6, 6.07) is 12.9. The Balaban J connectivity index is 2.00. The lowest BCUT2D eigenvalue weighted by molar-refractivity contribution is -0.147. The zero-order chi connectivity index (χ0) is 18.5. The summed E-state index contributed by atoms with van der Waals surface area (Å²) in [5.74, 6) is 0.291. The van der Waals surface area contributed by atoms with Gasteiger partial charge < -0.3 is 4.74 Å². The molecule has 1 atom stereocenters. The second-order valence-electron chi connectivity index (χ2n) is 8.61. The van der Waals surface area contributed by atoms with Crippen LogP contribution in [0.2, 0.25) is 0 Å². The van der Waals surface area contributed by atoms with Crippen LogP contribution in [0, 0.1) is 16.4 Å². The fraction of sp³-hybridized carbons (Fsp3) is 0.375. The van der Waals surface area contributed by atoms with Crippen molar-refractivity contribution >= 4 is 17.6 Å². The molecular formula is C24H26O2. The van der Waals surface area contributed by atoms with Crippen molar-refractivity contribution in [3.8, 4) is 0 Å². The van der Waals surface area contributed by atoms with Crippen molar-refractivity contribution < 1.29 is 9.53 Å². The third-order valence-electron chi connectivity index (χ3n) is 5.28. The molecule has 134 valence electrons. The molecule has 2 aromatic rings. The van der Waals surface area contributed by atoms with Crippen molar-refractivity contribution in [1.82, 2.24) is 0 Å².